The van der Waals surface area contributed by atoms with E-state index in [1.54, 1.807) is 0 Å². The molecular formula is C18H34O8. The lowest BCUT2D eigenvalue weighted by Gasteiger charge is -2.44. The second-order valence-corrected chi connectivity index (χ2v) is 7.05. The van der Waals surface area contributed by atoms with Crippen LogP contribution in [-0.4, -0.2) is 68.0 Å². The summed E-state index contributed by atoms with van der Waals surface area (Å²) in [6, 6.07) is 0. The molecule has 0 saturated carbocycles. The summed E-state index contributed by atoms with van der Waals surface area (Å²) in [7, 11) is 0. The van der Waals surface area contributed by atoms with Crippen LogP contribution in [-0.2, 0) is 9.59 Å². The second-order valence-electron chi connectivity index (χ2n) is 7.05. The Morgan fingerprint density at radius 1 is 0.615 bits per heavy atom. The van der Waals surface area contributed by atoms with Crippen molar-refractivity contribution in [3.05, 3.63) is 0 Å². The molecule has 0 bridgehead atoms. The largest absolute Gasteiger partial charge is 0.481 e. The van der Waals surface area contributed by atoms with Gasteiger partial charge in [0, 0.05) is 12.8 Å². The molecular weight excluding hydrogens is 344 g/mol. The predicted octanol–water partition coefficient (Wildman–Crippen LogP) is 1.14. The van der Waals surface area contributed by atoms with Crippen molar-refractivity contribution in [1.82, 2.24) is 0 Å². The Labute approximate surface area is 154 Å². The van der Waals surface area contributed by atoms with Gasteiger partial charge >= 0.3 is 11.9 Å². The van der Waals surface area contributed by atoms with Crippen molar-refractivity contribution >= 4 is 11.9 Å². The van der Waals surface area contributed by atoms with Gasteiger partial charge in [-0.15, -0.1) is 0 Å². The summed E-state index contributed by atoms with van der Waals surface area (Å²) < 4.78 is 0. The Kier molecular flexibility index (Phi) is 12.4. The first-order valence-corrected chi connectivity index (χ1v) is 9.25. The zero-order valence-corrected chi connectivity index (χ0v) is 15.4. The molecule has 0 heterocycles. The van der Waals surface area contributed by atoms with Crippen molar-refractivity contribution in [2.24, 2.45) is 5.41 Å². The minimum absolute atomic E-state index is 0.0690. The molecule has 26 heavy (non-hydrogen) atoms. The van der Waals surface area contributed by atoms with E-state index >= 15 is 0 Å². The van der Waals surface area contributed by atoms with Gasteiger partial charge in [0.05, 0.1) is 30.8 Å². The quantitative estimate of drug-likeness (QED) is 0.206. The third kappa shape index (κ3) is 8.44. The highest BCUT2D eigenvalue weighted by atomic mass is 16.4. The van der Waals surface area contributed by atoms with E-state index in [0.29, 0.717) is 12.8 Å². The van der Waals surface area contributed by atoms with Crippen LogP contribution in [0.3, 0.4) is 0 Å². The van der Waals surface area contributed by atoms with Crippen molar-refractivity contribution in [2.45, 2.75) is 76.2 Å². The maximum atomic E-state index is 11.0. The smallest absolute Gasteiger partial charge is 0.303 e. The molecule has 8 heteroatoms. The summed E-state index contributed by atoms with van der Waals surface area (Å²) in [4.78, 5) is 21.1. The maximum Gasteiger partial charge on any atom is 0.303 e. The molecule has 1 unspecified atom stereocenters. The third-order valence-corrected chi connectivity index (χ3v) is 5.11. The number of carboxylic acid groups (broad SMARTS) is 2. The number of aliphatic carboxylic acids is 2. The molecule has 6 N–H and O–H groups in total. The Bertz CT molecular complexity index is 400. The Balaban J connectivity index is 4.53. The van der Waals surface area contributed by atoms with E-state index in [0.717, 1.165) is 25.7 Å². The van der Waals surface area contributed by atoms with Gasteiger partial charge in [-0.05, 0) is 25.7 Å². The van der Waals surface area contributed by atoms with Crippen molar-refractivity contribution in [1.29, 1.82) is 0 Å². The van der Waals surface area contributed by atoms with E-state index in [1.807, 2.05) is 0 Å². The van der Waals surface area contributed by atoms with Crippen LogP contribution >= 0.6 is 0 Å². The van der Waals surface area contributed by atoms with Gasteiger partial charge in [0.1, 0.15) is 0 Å². The zero-order chi connectivity index (χ0) is 20.1. The first kappa shape index (κ1) is 24.8. The predicted molar refractivity (Wildman–Crippen MR) is 94.7 cm³/mol. The minimum atomic E-state index is -1.55. The first-order valence-electron chi connectivity index (χ1n) is 9.25. The summed E-state index contributed by atoms with van der Waals surface area (Å²) in [6.45, 7) is -1.80. The molecule has 0 amide bonds. The lowest BCUT2D eigenvalue weighted by molar-refractivity contribution is -0.163. The molecule has 0 aromatic rings. The second kappa shape index (κ2) is 13.0. The van der Waals surface area contributed by atoms with Crippen molar-refractivity contribution < 1.29 is 40.2 Å². The number of hydrogen-bond donors (Lipinski definition) is 6. The highest BCUT2D eigenvalue weighted by Crippen LogP contribution is 2.39. The fourth-order valence-electron chi connectivity index (χ4n) is 3.18. The van der Waals surface area contributed by atoms with Gasteiger partial charge in [-0.25, -0.2) is 0 Å². The SMILES string of the molecule is O=C(O)CCCCCCCCC(O)(CCCC(=O)O)C(CO)(CO)CO. The summed E-state index contributed by atoms with van der Waals surface area (Å²) in [5.41, 5.74) is -3.03. The van der Waals surface area contributed by atoms with Crippen LogP contribution in [0.25, 0.3) is 0 Å². The molecule has 0 aliphatic rings. The summed E-state index contributed by atoms with van der Waals surface area (Å²) in [6.07, 6.45) is 5.12. The van der Waals surface area contributed by atoms with Crippen LogP contribution < -0.4 is 0 Å². The lowest BCUT2D eigenvalue weighted by Crippen LogP contribution is -2.55. The monoisotopic (exact) mass is 378 g/mol. The topological polar surface area (TPSA) is 156 Å². The van der Waals surface area contributed by atoms with E-state index in [2.05, 4.69) is 0 Å². The zero-order valence-electron chi connectivity index (χ0n) is 15.4. The van der Waals surface area contributed by atoms with Crippen LogP contribution in [0.15, 0.2) is 0 Å². The van der Waals surface area contributed by atoms with Crippen molar-refractivity contribution in [3.8, 4) is 0 Å². The average molecular weight is 378 g/mol. The Morgan fingerprint density at radius 2 is 1.00 bits per heavy atom. The molecule has 0 aromatic heterocycles. The van der Waals surface area contributed by atoms with Crippen LogP contribution in [0.2, 0.25) is 0 Å². The Morgan fingerprint density at radius 3 is 1.46 bits per heavy atom. The van der Waals surface area contributed by atoms with Gasteiger partial charge in [-0.2, -0.15) is 0 Å². The number of carbonyl (C=O) groups is 2. The number of unbranched alkanes of at least 4 members (excludes halogenated alkanes) is 5. The molecule has 154 valence electrons. The lowest BCUT2D eigenvalue weighted by atomic mass is 9.68. The van der Waals surface area contributed by atoms with E-state index in [1.165, 1.54) is 0 Å². The summed E-state index contributed by atoms with van der Waals surface area (Å²) in [5, 5.41) is 57.2. The number of carboxylic acids is 2. The third-order valence-electron chi connectivity index (χ3n) is 5.11. The van der Waals surface area contributed by atoms with Gasteiger partial charge < -0.3 is 30.6 Å². The van der Waals surface area contributed by atoms with Gasteiger partial charge in [0.2, 0.25) is 0 Å². The summed E-state index contributed by atoms with van der Waals surface area (Å²) in [5.74, 6) is -1.79. The van der Waals surface area contributed by atoms with Crippen LogP contribution in [0.5, 0.6) is 0 Å². The van der Waals surface area contributed by atoms with Crippen molar-refractivity contribution in [3.63, 3.8) is 0 Å². The fraction of sp³-hybridized carbons (Fsp3) is 0.889. The fourth-order valence-corrected chi connectivity index (χ4v) is 3.18. The minimum Gasteiger partial charge on any atom is -0.481 e. The molecule has 0 aliphatic heterocycles. The van der Waals surface area contributed by atoms with Crippen LogP contribution in [0.1, 0.15) is 70.6 Å². The number of hydrogen-bond acceptors (Lipinski definition) is 6. The van der Waals surface area contributed by atoms with Gasteiger partial charge in [0.25, 0.3) is 0 Å². The number of aliphatic hydroxyl groups is 4. The number of rotatable bonds is 17. The molecule has 0 fully saturated rings. The standard InChI is InChI=1S/C18H34O8/c19-12-17(13-20,14-21)18(26,11-7-9-16(24)25)10-6-4-2-1-3-5-8-15(22)23/h19-21,26H,1-14H2,(H,22,23)(H,24,25). The first-order chi connectivity index (χ1) is 12.3. The normalized spacial score (nSPS) is 14.2. The molecule has 1 atom stereocenters. The average Bonchev–Trinajstić information content (AvgIpc) is 2.58. The maximum absolute atomic E-state index is 11.0. The van der Waals surface area contributed by atoms with E-state index < -0.39 is 42.8 Å². The summed E-state index contributed by atoms with van der Waals surface area (Å²) >= 11 is 0. The highest BCUT2D eigenvalue weighted by molar-refractivity contribution is 5.66. The molecule has 0 rings (SSSR count). The van der Waals surface area contributed by atoms with Crippen LogP contribution in [0.4, 0.5) is 0 Å². The van der Waals surface area contributed by atoms with Gasteiger partial charge in [-0.1, -0.05) is 32.1 Å². The Hall–Kier alpha value is -1.22. The highest BCUT2D eigenvalue weighted by Gasteiger charge is 2.48. The van der Waals surface area contributed by atoms with Crippen molar-refractivity contribution in [2.75, 3.05) is 19.8 Å². The van der Waals surface area contributed by atoms with E-state index in [4.69, 9.17) is 10.2 Å². The van der Waals surface area contributed by atoms with Crippen LogP contribution in [0, 0.1) is 5.41 Å². The molecule has 0 aliphatic carbocycles. The molecule has 0 saturated heterocycles. The molecule has 0 aromatic carbocycles. The van der Waals surface area contributed by atoms with E-state index in [-0.39, 0.29) is 32.1 Å². The van der Waals surface area contributed by atoms with Gasteiger partial charge in [-0.3, -0.25) is 9.59 Å². The van der Waals surface area contributed by atoms with Gasteiger partial charge in [0.15, 0.2) is 0 Å². The molecule has 0 spiro atoms. The molecule has 8 nitrogen and oxygen atoms in total. The van der Waals surface area contributed by atoms with E-state index in [9.17, 15) is 30.0 Å². The number of aliphatic hydroxyl groups excluding tert-OH is 3. The molecule has 0 radical (unpaired) electrons.